The van der Waals surface area contributed by atoms with E-state index in [1.54, 1.807) is 37.3 Å². The van der Waals surface area contributed by atoms with E-state index >= 15 is 0 Å². The van der Waals surface area contributed by atoms with Gasteiger partial charge in [-0.15, -0.1) is 0 Å². The van der Waals surface area contributed by atoms with Crippen LogP contribution >= 0.6 is 0 Å². The van der Waals surface area contributed by atoms with Gasteiger partial charge in [-0.05, 0) is 36.8 Å². The molecule has 0 atom stereocenters. The number of hydrogen-bond acceptors (Lipinski definition) is 9. The van der Waals surface area contributed by atoms with Gasteiger partial charge in [0.25, 0.3) is 0 Å². The number of nitrogens with zero attached hydrogens (tertiary/aromatic N) is 1. The van der Waals surface area contributed by atoms with Crippen LogP contribution in [-0.4, -0.2) is 47.9 Å². The zero-order chi connectivity index (χ0) is 22.6. The summed E-state index contributed by atoms with van der Waals surface area (Å²) in [5, 5.41) is 0. The van der Waals surface area contributed by atoms with Crippen LogP contribution in [0.25, 0.3) is 0 Å². The molecule has 2 aromatic carbocycles. The molecule has 164 valence electrons. The summed E-state index contributed by atoms with van der Waals surface area (Å²) in [4.78, 5) is 25.8. The van der Waals surface area contributed by atoms with Gasteiger partial charge in [-0.25, -0.2) is 9.59 Å². The van der Waals surface area contributed by atoms with Crippen molar-refractivity contribution in [3.8, 4) is 5.75 Å². The van der Waals surface area contributed by atoms with Crippen LogP contribution in [0.5, 0.6) is 5.75 Å². The molecule has 10 heteroatoms. The molecule has 0 saturated carbocycles. The third-order valence-electron chi connectivity index (χ3n) is 4.53. The number of carbonyl (C=O) groups excluding carboxylic acids is 2. The van der Waals surface area contributed by atoms with Gasteiger partial charge in [0.15, 0.2) is 0 Å². The Bertz CT molecular complexity index is 1130. The molecule has 1 aliphatic rings. The molecule has 0 radical (unpaired) electrons. The summed E-state index contributed by atoms with van der Waals surface area (Å²) in [7, 11) is -1.82. The minimum absolute atomic E-state index is 0.0360. The lowest BCUT2D eigenvalue weighted by molar-refractivity contribution is -0.140. The number of esters is 2. The van der Waals surface area contributed by atoms with Crippen molar-refractivity contribution in [1.29, 1.82) is 0 Å². The summed E-state index contributed by atoms with van der Waals surface area (Å²) >= 11 is 0. The molecule has 0 spiro atoms. The van der Waals surface area contributed by atoms with Crippen LogP contribution in [0, 0.1) is 6.92 Å². The Morgan fingerprint density at radius 1 is 1.00 bits per heavy atom. The summed E-state index contributed by atoms with van der Waals surface area (Å²) in [6.45, 7) is 1.36. The van der Waals surface area contributed by atoms with Crippen molar-refractivity contribution in [3.05, 3.63) is 65.4 Å². The molecule has 0 aliphatic carbocycles. The van der Waals surface area contributed by atoms with Gasteiger partial charge in [0, 0.05) is 5.69 Å². The standard InChI is InChI=1S/C21H21NO8S/c1-14-9-10-15(11-18(14)31(25,26)30-16-7-5-4-6-8-16)22-13-29-12-17(20(23)27-2)19(22)21(24)28-3/h4-11H,12-13H2,1-3H3. The average molecular weight is 447 g/mol. The van der Waals surface area contributed by atoms with Gasteiger partial charge in [0.05, 0.1) is 26.4 Å². The molecular weight excluding hydrogens is 426 g/mol. The maximum atomic E-state index is 12.9. The van der Waals surface area contributed by atoms with Crippen LogP contribution in [0.3, 0.4) is 0 Å². The fraction of sp³-hybridized carbons (Fsp3) is 0.238. The van der Waals surface area contributed by atoms with E-state index in [-0.39, 0.29) is 35.3 Å². The molecule has 0 saturated heterocycles. The number of aryl methyl sites for hydroxylation is 1. The van der Waals surface area contributed by atoms with E-state index in [2.05, 4.69) is 0 Å². The molecule has 31 heavy (non-hydrogen) atoms. The number of hydrogen-bond donors (Lipinski definition) is 0. The predicted octanol–water partition coefficient (Wildman–Crippen LogP) is 2.16. The Hall–Kier alpha value is -3.37. The monoisotopic (exact) mass is 447 g/mol. The normalized spacial score (nSPS) is 14.2. The Kier molecular flexibility index (Phi) is 6.62. The molecule has 2 aromatic rings. The lowest BCUT2D eigenvalue weighted by Crippen LogP contribution is -2.38. The van der Waals surface area contributed by atoms with Gasteiger partial charge < -0.3 is 23.3 Å². The maximum absolute atomic E-state index is 12.9. The van der Waals surface area contributed by atoms with Crippen molar-refractivity contribution in [1.82, 2.24) is 0 Å². The third-order valence-corrected chi connectivity index (χ3v) is 5.93. The smallest absolute Gasteiger partial charge is 0.355 e. The molecule has 3 rings (SSSR count). The van der Waals surface area contributed by atoms with E-state index in [1.807, 2.05) is 0 Å². The topological polar surface area (TPSA) is 108 Å². The highest BCUT2D eigenvalue weighted by molar-refractivity contribution is 7.87. The molecule has 0 fully saturated rings. The molecule has 0 amide bonds. The number of ether oxygens (including phenoxy) is 3. The Labute approximate surface area is 179 Å². The number of rotatable bonds is 6. The van der Waals surface area contributed by atoms with Gasteiger partial charge in [-0.1, -0.05) is 24.3 Å². The van der Waals surface area contributed by atoms with Crippen molar-refractivity contribution in [2.45, 2.75) is 11.8 Å². The van der Waals surface area contributed by atoms with Crippen molar-refractivity contribution >= 4 is 27.7 Å². The van der Waals surface area contributed by atoms with Crippen LogP contribution in [0.4, 0.5) is 5.69 Å². The Balaban J connectivity index is 2.07. The van der Waals surface area contributed by atoms with E-state index in [9.17, 15) is 18.0 Å². The molecular formula is C21H21NO8S. The van der Waals surface area contributed by atoms with Gasteiger partial charge in [-0.3, -0.25) is 0 Å². The van der Waals surface area contributed by atoms with E-state index in [0.29, 0.717) is 11.3 Å². The van der Waals surface area contributed by atoms with Gasteiger partial charge in [-0.2, -0.15) is 8.42 Å². The number of anilines is 1. The van der Waals surface area contributed by atoms with Crippen LogP contribution in [0.15, 0.2) is 64.7 Å². The fourth-order valence-corrected chi connectivity index (χ4v) is 4.20. The van der Waals surface area contributed by atoms with Crippen molar-refractivity contribution in [3.63, 3.8) is 0 Å². The molecule has 0 aromatic heterocycles. The van der Waals surface area contributed by atoms with Gasteiger partial charge >= 0.3 is 22.1 Å². The first-order chi connectivity index (χ1) is 14.8. The van der Waals surface area contributed by atoms with Crippen molar-refractivity contribution in [2.75, 3.05) is 32.5 Å². The first-order valence-corrected chi connectivity index (χ1v) is 10.5. The van der Waals surface area contributed by atoms with E-state index in [4.69, 9.17) is 18.4 Å². The second-order valence-electron chi connectivity index (χ2n) is 6.52. The first-order valence-electron chi connectivity index (χ1n) is 9.13. The number of methoxy groups -OCH3 is 2. The second kappa shape index (κ2) is 9.19. The van der Waals surface area contributed by atoms with Crippen molar-refractivity contribution < 1.29 is 36.4 Å². The molecule has 1 heterocycles. The SMILES string of the molecule is COC(=O)C1=C(C(=O)OC)N(c2ccc(C)c(S(=O)(=O)Oc3ccccc3)c2)COC1. The summed E-state index contributed by atoms with van der Waals surface area (Å²) in [6, 6.07) is 12.6. The fourth-order valence-electron chi connectivity index (χ4n) is 3.02. The molecule has 1 aliphatic heterocycles. The van der Waals surface area contributed by atoms with Crippen LogP contribution in [0.1, 0.15) is 5.56 Å². The highest BCUT2D eigenvalue weighted by atomic mass is 32.2. The van der Waals surface area contributed by atoms with E-state index in [1.165, 1.54) is 37.3 Å². The quantitative estimate of drug-likeness (QED) is 0.486. The highest BCUT2D eigenvalue weighted by Crippen LogP contribution is 2.31. The summed E-state index contributed by atoms with van der Waals surface area (Å²) in [5.41, 5.74) is 0.611. The first kappa shape index (κ1) is 22.3. The number of carbonyl (C=O) groups is 2. The number of benzene rings is 2. The van der Waals surface area contributed by atoms with Crippen LogP contribution < -0.4 is 9.08 Å². The lowest BCUT2D eigenvalue weighted by atomic mass is 10.1. The minimum atomic E-state index is -4.17. The largest absolute Gasteiger partial charge is 0.466 e. The Morgan fingerprint density at radius 3 is 2.32 bits per heavy atom. The molecule has 0 unspecified atom stereocenters. The van der Waals surface area contributed by atoms with E-state index in [0.717, 1.165) is 0 Å². The molecule has 9 nitrogen and oxygen atoms in total. The molecule has 0 bridgehead atoms. The van der Waals surface area contributed by atoms with Crippen LogP contribution in [-0.2, 0) is 33.9 Å². The summed E-state index contributed by atoms with van der Waals surface area (Å²) in [6.07, 6.45) is 0. The second-order valence-corrected chi connectivity index (χ2v) is 8.03. The Morgan fingerprint density at radius 2 is 1.68 bits per heavy atom. The minimum Gasteiger partial charge on any atom is -0.466 e. The zero-order valence-electron chi connectivity index (χ0n) is 17.2. The molecule has 0 N–H and O–H groups in total. The predicted molar refractivity (Wildman–Crippen MR) is 110 cm³/mol. The summed E-state index contributed by atoms with van der Waals surface area (Å²) in [5.74, 6) is -1.37. The van der Waals surface area contributed by atoms with Gasteiger partial charge in [0.2, 0.25) is 0 Å². The average Bonchev–Trinajstić information content (AvgIpc) is 2.78. The maximum Gasteiger partial charge on any atom is 0.355 e. The van der Waals surface area contributed by atoms with Crippen LogP contribution in [0.2, 0.25) is 0 Å². The lowest BCUT2D eigenvalue weighted by Gasteiger charge is -2.31. The van der Waals surface area contributed by atoms with Crippen molar-refractivity contribution in [2.24, 2.45) is 0 Å². The highest BCUT2D eigenvalue weighted by Gasteiger charge is 2.33. The number of para-hydroxylation sites is 1. The van der Waals surface area contributed by atoms with E-state index < -0.39 is 22.1 Å². The zero-order valence-corrected chi connectivity index (χ0v) is 18.0. The third kappa shape index (κ3) is 4.70. The summed E-state index contributed by atoms with van der Waals surface area (Å²) < 4.78 is 46.0. The van der Waals surface area contributed by atoms with Gasteiger partial charge in [0.1, 0.15) is 23.1 Å².